The minimum atomic E-state index is -0.273. The summed E-state index contributed by atoms with van der Waals surface area (Å²) in [4.78, 5) is 22.2. The fourth-order valence-electron chi connectivity index (χ4n) is 2.99. The summed E-state index contributed by atoms with van der Waals surface area (Å²) in [5.41, 5.74) is 1.64. The SMILES string of the molecule is CC=O.[B]c1c([B])c([B])c2c(C(=O)c3cc(Br)c(OC)c(Br)c3)c(CC)oc2c1[B]. The first-order valence-corrected chi connectivity index (χ1v) is 10.4. The Hall–Kier alpha value is -1.66. The minimum absolute atomic E-state index is 0.134. The number of ketones is 1. The van der Waals surface area contributed by atoms with Crippen molar-refractivity contribution in [2.24, 2.45) is 0 Å². The zero-order valence-electron chi connectivity index (χ0n) is 16.6. The highest BCUT2D eigenvalue weighted by Gasteiger charge is 2.25. The second kappa shape index (κ2) is 10.1. The molecule has 10 heteroatoms. The molecule has 0 aliphatic heterocycles. The third-order valence-corrected chi connectivity index (χ3v) is 5.56. The molecule has 0 amide bonds. The third kappa shape index (κ3) is 4.35. The van der Waals surface area contributed by atoms with Crippen LogP contribution >= 0.6 is 31.9 Å². The number of hydrogen-bond donors (Lipinski definition) is 0. The van der Waals surface area contributed by atoms with Crippen LogP contribution in [0, 0.1) is 0 Å². The zero-order chi connectivity index (χ0) is 22.7. The van der Waals surface area contributed by atoms with Crippen LogP contribution < -0.4 is 26.6 Å². The number of rotatable bonds is 4. The van der Waals surface area contributed by atoms with E-state index in [1.807, 2.05) is 6.92 Å². The summed E-state index contributed by atoms with van der Waals surface area (Å²) < 4.78 is 12.4. The summed E-state index contributed by atoms with van der Waals surface area (Å²) in [6, 6.07) is 3.34. The van der Waals surface area contributed by atoms with Gasteiger partial charge in [-0.3, -0.25) is 4.79 Å². The molecule has 2 aromatic carbocycles. The van der Waals surface area contributed by atoms with Crippen molar-refractivity contribution in [1.82, 2.24) is 0 Å². The van der Waals surface area contributed by atoms with Crippen LogP contribution in [-0.4, -0.2) is 50.6 Å². The average molecular weight is 521 g/mol. The average Bonchev–Trinajstić information content (AvgIpc) is 3.10. The molecule has 8 radical (unpaired) electrons. The highest BCUT2D eigenvalue weighted by molar-refractivity contribution is 9.11. The Labute approximate surface area is 197 Å². The van der Waals surface area contributed by atoms with Crippen LogP contribution in [0.1, 0.15) is 35.5 Å². The second-order valence-electron chi connectivity index (χ2n) is 6.15. The highest BCUT2D eigenvalue weighted by atomic mass is 79.9. The fourth-order valence-corrected chi connectivity index (χ4v) is 4.50. The third-order valence-electron chi connectivity index (χ3n) is 4.38. The number of carbonyl (C=O) groups is 2. The number of aldehydes is 1. The molecular weight excluding hydrogens is 507 g/mol. The van der Waals surface area contributed by atoms with Gasteiger partial charge in [-0.05, 0) is 50.9 Å². The van der Waals surface area contributed by atoms with Crippen molar-refractivity contribution in [3.63, 3.8) is 0 Å². The maximum Gasteiger partial charge on any atom is 0.197 e. The lowest BCUT2D eigenvalue weighted by atomic mass is 9.65. The van der Waals surface area contributed by atoms with E-state index in [1.54, 1.807) is 19.2 Å². The van der Waals surface area contributed by atoms with Gasteiger partial charge in [-0.15, -0.1) is 10.9 Å². The molecule has 4 nitrogen and oxygen atoms in total. The predicted octanol–water partition coefficient (Wildman–Crippen LogP) is 1.14. The summed E-state index contributed by atoms with van der Waals surface area (Å²) in [5.74, 6) is 0.770. The fraction of sp³-hybridized carbons (Fsp3) is 0.200. The lowest BCUT2D eigenvalue weighted by Gasteiger charge is -2.13. The molecule has 0 aliphatic carbocycles. The van der Waals surface area contributed by atoms with E-state index in [2.05, 4.69) is 31.9 Å². The van der Waals surface area contributed by atoms with Crippen LogP contribution in [-0.2, 0) is 11.2 Å². The van der Waals surface area contributed by atoms with Gasteiger partial charge in [0.05, 0.1) is 21.6 Å². The number of furan rings is 1. The lowest BCUT2D eigenvalue weighted by molar-refractivity contribution is -0.106. The highest BCUT2D eigenvalue weighted by Crippen LogP contribution is 2.36. The molecule has 0 spiro atoms. The number of benzene rings is 2. The lowest BCUT2D eigenvalue weighted by Crippen LogP contribution is -2.47. The van der Waals surface area contributed by atoms with Crippen LogP contribution in [0.5, 0.6) is 5.75 Å². The summed E-state index contributed by atoms with van der Waals surface area (Å²) in [5, 5.41) is 0.379. The smallest absolute Gasteiger partial charge is 0.197 e. The molecule has 1 heterocycles. The van der Waals surface area contributed by atoms with E-state index in [0.717, 1.165) is 6.29 Å². The van der Waals surface area contributed by atoms with E-state index < -0.39 is 0 Å². The van der Waals surface area contributed by atoms with Crippen LogP contribution in [0.4, 0.5) is 0 Å². The maximum atomic E-state index is 13.4. The first kappa shape index (κ1) is 24.6. The monoisotopic (exact) mass is 520 g/mol. The van der Waals surface area contributed by atoms with Gasteiger partial charge in [0.25, 0.3) is 0 Å². The Kier molecular flexibility index (Phi) is 8.28. The van der Waals surface area contributed by atoms with E-state index in [9.17, 15) is 4.79 Å². The van der Waals surface area contributed by atoms with E-state index in [-0.39, 0.29) is 33.2 Å². The van der Waals surface area contributed by atoms with Gasteiger partial charge in [0.15, 0.2) is 5.78 Å². The quantitative estimate of drug-likeness (QED) is 0.294. The molecule has 0 aliphatic rings. The topological polar surface area (TPSA) is 56.5 Å². The minimum Gasteiger partial charge on any atom is -0.494 e. The normalized spacial score (nSPS) is 10.4. The van der Waals surface area contributed by atoms with Crippen molar-refractivity contribution < 1.29 is 18.7 Å². The molecule has 3 rings (SSSR count). The molecule has 144 valence electrons. The second-order valence-corrected chi connectivity index (χ2v) is 7.86. The summed E-state index contributed by atoms with van der Waals surface area (Å²) >= 11 is 6.82. The standard InChI is InChI=1S/C18H10B4Br2O3.C2H4O/c1-3-9-10(11-12(19)13(20)14(21)15(22)18(11)27-9)16(25)6-4-7(23)17(26-2)8(24)5-6;1-2-3/h4-5H,3H2,1-2H3;2H,1H3. The van der Waals surface area contributed by atoms with Crippen molar-refractivity contribution in [2.45, 2.75) is 20.3 Å². The van der Waals surface area contributed by atoms with E-state index in [1.165, 1.54) is 6.92 Å². The van der Waals surface area contributed by atoms with Crippen LogP contribution in [0.25, 0.3) is 11.0 Å². The molecule has 0 N–H and O–H groups in total. The molecule has 0 fully saturated rings. The van der Waals surface area contributed by atoms with Gasteiger partial charge in [-0.2, -0.15) is 0 Å². The van der Waals surface area contributed by atoms with Crippen molar-refractivity contribution in [1.29, 1.82) is 0 Å². The van der Waals surface area contributed by atoms with Gasteiger partial charge < -0.3 is 13.9 Å². The molecule has 3 aromatic rings. The van der Waals surface area contributed by atoms with Gasteiger partial charge in [-0.1, -0.05) is 17.8 Å². The number of ether oxygens (including phenoxy) is 1. The number of fused-ring (bicyclic) bond motifs is 1. The molecule has 0 atom stereocenters. The first-order chi connectivity index (χ1) is 14.1. The zero-order valence-corrected chi connectivity index (χ0v) is 19.8. The summed E-state index contributed by atoms with van der Waals surface area (Å²) in [6.45, 7) is 3.31. The first-order valence-electron chi connectivity index (χ1n) is 8.79. The number of carbonyl (C=O) groups excluding carboxylic acids is 2. The number of hydrogen-bond acceptors (Lipinski definition) is 4. The molecule has 0 bridgehead atoms. The Balaban J connectivity index is 0.00000101. The van der Waals surface area contributed by atoms with Gasteiger partial charge in [0.2, 0.25) is 0 Å². The van der Waals surface area contributed by atoms with Crippen LogP contribution in [0.3, 0.4) is 0 Å². The Morgan fingerprint density at radius 2 is 1.57 bits per heavy atom. The summed E-state index contributed by atoms with van der Waals surface area (Å²) in [6.07, 6.45) is 1.22. The number of halogens is 2. The molecule has 0 saturated heterocycles. The molecule has 30 heavy (non-hydrogen) atoms. The number of methoxy groups -OCH3 is 1. The molecule has 0 unspecified atom stereocenters. The number of aryl methyl sites for hydroxylation is 1. The van der Waals surface area contributed by atoms with Crippen molar-refractivity contribution in [3.8, 4) is 5.75 Å². The van der Waals surface area contributed by atoms with Crippen molar-refractivity contribution in [3.05, 3.63) is 38.0 Å². The predicted molar refractivity (Wildman–Crippen MR) is 131 cm³/mol. The van der Waals surface area contributed by atoms with Crippen molar-refractivity contribution in [2.75, 3.05) is 7.11 Å². The Bertz CT molecular complexity index is 1120. The van der Waals surface area contributed by atoms with Gasteiger partial charge in [0, 0.05) is 17.4 Å². The molecular formula is C20H14B4Br2O4. The maximum absolute atomic E-state index is 13.4. The Morgan fingerprint density at radius 1 is 1.07 bits per heavy atom. The van der Waals surface area contributed by atoms with Crippen LogP contribution in [0.15, 0.2) is 25.5 Å². The summed E-state index contributed by atoms with van der Waals surface area (Å²) in [7, 11) is 25.6. The molecule has 0 saturated carbocycles. The van der Waals surface area contributed by atoms with Gasteiger partial charge in [0.1, 0.15) is 54.8 Å². The largest absolute Gasteiger partial charge is 0.494 e. The van der Waals surface area contributed by atoms with E-state index >= 15 is 0 Å². The van der Waals surface area contributed by atoms with Gasteiger partial charge >= 0.3 is 0 Å². The van der Waals surface area contributed by atoms with E-state index in [0.29, 0.717) is 43.4 Å². The van der Waals surface area contributed by atoms with Crippen molar-refractivity contribution >= 4 is 108 Å². The van der Waals surface area contributed by atoms with E-state index in [4.69, 9.17) is 45.3 Å². The molecule has 1 aromatic heterocycles. The van der Waals surface area contributed by atoms with Gasteiger partial charge in [-0.25, -0.2) is 0 Å². The van der Waals surface area contributed by atoms with Crippen LogP contribution in [0.2, 0.25) is 0 Å². The Morgan fingerprint density at radius 3 is 2.03 bits per heavy atom.